The van der Waals surface area contributed by atoms with E-state index in [-0.39, 0.29) is 23.9 Å². The van der Waals surface area contributed by atoms with Gasteiger partial charge < -0.3 is 15.0 Å². The first-order chi connectivity index (χ1) is 14.8. The number of para-hydroxylation sites is 2. The van der Waals surface area contributed by atoms with E-state index in [1.807, 2.05) is 6.07 Å². The van der Waals surface area contributed by atoms with E-state index in [0.29, 0.717) is 30.2 Å². The number of nitrogens with one attached hydrogen (secondary N) is 1. The zero-order valence-electron chi connectivity index (χ0n) is 17.3. The van der Waals surface area contributed by atoms with Gasteiger partial charge in [0.2, 0.25) is 15.9 Å². The minimum atomic E-state index is -3.60. The first kappa shape index (κ1) is 21.3. The molecule has 0 radical (unpaired) electrons. The molecule has 2 aromatic carbocycles. The van der Waals surface area contributed by atoms with Crippen LogP contribution in [-0.2, 0) is 19.6 Å². The standard InChI is InChI=1S/C22H25N3O5S/c1-16-9-10-17(31(28,29)25-11-5-2-6-12-25)13-18(16)23-21(26)14-24-15-22(27)30-20-8-4-3-7-19(20)24/h3-4,7-10,13H,2,5-6,11-12,14-15H2,1H3,(H,23,26). The molecule has 1 saturated heterocycles. The van der Waals surface area contributed by atoms with Crippen LogP contribution in [0.25, 0.3) is 0 Å². The Hall–Kier alpha value is -2.91. The zero-order chi connectivity index (χ0) is 22.0. The predicted molar refractivity (Wildman–Crippen MR) is 117 cm³/mol. The van der Waals surface area contributed by atoms with Crippen LogP contribution in [0.5, 0.6) is 5.75 Å². The summed E-state index contributed by atoms with van der Waals surface area (Å²) in [6.07, 6.45) is 2.75. The average Bonchev–Trinajstić information content (AvgIpc) is 2.75. The predicted octanol–water partition coefficient (Wildman–Crippen LogP) is 2.53. The number of ether oxygens (including phenoxy) is 1. The van der Waals surface area contributed by atoms with E-state index >= 15 is 0 Å². The maximum atomic E-state index is 13.0. The highest BCUT2D eigenvalue weighted by Gasteiger charge is 2.28. The van der Waals surface area contributed by atoms with Gasteiger partial charge in [-0.2, -0.15) is 4.31 Å². The number of esters is 1. The van der Waals surface area contributed by atoms with E-state index in [1.165, 1.54) is 10.4 Å². The van der Waals surface area contributed by atoms with E-state index in [2.05, 4.69) is 5.32 Å². The number of amides is 1. The number of piperidine rings is 1. The fourth-order valence-corrected chi connectivity index (χ4v) is 5.40. The molecule has 164 valence electrons. The number of benzene rings is 2. The number of fused-ring (bicyclic) bond motifs is 1. The Morgan fingerprint density at radius 3 is 2.61 bits per heavy atom. The van der Waals surface area contributed by atoms with E-state index < -0.39 is 16.0 Å². The average molecular weight is 444 g/mol. The summed E-state index contributed by atoms with van der Waals surface area (Å²) >= 11 is 0. The molecule has 0 atom stereocenters. The van der Waals surface area contributed by atoms with Crippen molar-refractivity contribution in [3.8, 4) is 5.75 Å². The van der Waals surface area contributed by atoms with Gasteiger partial charge in [0.15, 0.2) is 5.75 Å². The first-order valence-electron chi connectivity index (χ1n) is 10.3. The van der Waals surface area contributed by atoms with Crippen molar-refractivity contribution in [1.82, 2.24) is 4.31 Å². The molecular weight excluding hydrogens is 418 g/mol. The third-order valence-electron chi connectivity index (χ3n) is 5.52. The highest BCUT2D eigenvalue weighted by atomic mass is 32.2. The molecule has 1 fully saturated rings. The summed E-state index contributed by atoms with van der Waals surface area (Å²) < 4.78 is 32.7. The number of carbonyl (C=O) groups excluding carboxylic acids is 2. The summed E-state index contributed by atoms with van der Waals surface area (Å²) in [7, 11) is -3.60. The maximum absolute atomic E-state index is 13.0. The molecule has 0 saturated carbocycles. The lowest BCUT2D eigenvalue weighted by molar-refractivity contribution is -0.133. The van der Waals surface area contributed by atoms with E-state index in [4.69, 9.17) is 4.74 Å². The molecule has 0 aliphatic carbocycles. The molecule has 9 heteroatoms. The molecule has 2 heterocycles. The number of hydrogen-bond acceptors (Lipinski definition) is 6. The van der Waals surface area contributed by atoms with Crippen molar-refractivity contribution >= 4 is 33.3 Å². The SMILES string of the molecule is Cc1ccc(S(=O)(=O)N2CCCCC2)cc1NC(=O)CN1CC(=O)Oc2ccccc21. The van der Waals surface area contributed by atoms with Crippen LogP contribution in [0.15, 0.2) is 47.4 Å². The second kappa shape index (κ2) is 8.68. The number of carbonyl (C=O) groups is 2. The second-order valence-corrected chi connectivity index (χ2v) is 9.73. The Balaban J connectivity index is 1.51. The lowest BCUT2D eigenvalue weighted by Crippen LogP contribution is -2.41. The lowest BCUT2D eigenvalue weighted by atomic mass is 10.2. The van der Waals surface area contributed by atoms with Crippen molar-refractivity contribution < 1.29 is 22.7 Å². The molecule has 4 rings (SSSR count). The lowest BCUT2D eigenvalue weighted by Gasteiger charge is -2.29. The maximum Gasteiger partial charge on any atom is 0.331 e. The monoisotopic (exact) mass is 443 g/mol. The number of sulfonamides is 1. The van der Waals surface area contributed by atoms with Gasteiger partial charge in [0, 0.05) is 18.8 Å². The van der Waals surface area contributed by atoms with Crippen molar-refractivity contribution in [2.75, 3.05) is 36.4 Å². The third kappa shape index (κ3) is 4.57. The number of rotatable bonds is 5. The third-order valence-corrected chi connectivity index (χ3v) is 7.41. The fourth-order valence-electron chi connectivity index (χ4n) is 3.86. The molecule has 2 aromatic rings. The Labute approximate surface area is 181 Å². The summed E-state index contributed by atoms with van der Waals surface area (Å²) in [6, 6.07) is 11.8. The van der Waals surface area contributed by atoms with Crippen LogP contribution in [0.3, 0.4) is 0 Å². The van der Waals surface area contributed by atoms with Crippen molar-refractivity contribution in [1.29, 1.82) is 0 Å². The second-order valence-electron chi connectivity index (χ2n) is 7.79. The van der Waals surface area contributed by atoms with Crippen molar-refractivity contribution in [3.05, 3.63) is 48.0 Å². The van der Waals surface area contributed by atoms with Crippen LogP contribution in [0, 0.1) is 6.92 Å². The molecule has 0 aromatic heterocycles. The van der Waals surface area contributed by atoms with Gasteiger partial charge in [-0.15, -0.1) is 0 Å². The van der Waals surface area contributed by atoms with Crippen LogP contribution in [0.1, 0.15) is 24.8 Å². The number of aryl methyl sites for hydroxylation is 1. The minimum absolute atomic E-state index is 0.0349. The van der Waals surface area contributed by atoms with Crippen molar-refractivity contribution in [2.45, 2.75) is 31.1 Å². The van der Waals surface area contributed by atoms with Gasteiger partial charge in [0.25, 0.3) is 0 Å². The highest BCUT2D eigenvalue weighted by Crippen LogP contribution is 2.31. The molecule has 8 nitrogen and oxygen atoms in total. The topological polar surface area (TPSA) is 96.0 Å². The molecule has 31 heavy (non-hydrogen) atoms. The molecule has 2 aliphatic rings. The van der Waals surface area contributed by atoms with Crippen LogP contribution in [-0.4, -0.2) is 50.8 Å². The quantitative estimate of drug-likeness (QED) is 0.564. The fraction of sp³-hybridized carbons (Fsp3) is 0.364. The summed E-state index contributed by atoms with van der Waals surface area (Å²) in [5.41, 5.74) is 1.86. The molecule has 1 amide bonds. The van der Waals surface area contributed by atoms with E-state index in [1.54, 1.807) is 42.2 Å². The van der Waals surface area contributed by atoms with E-state index in [9.17, 15) is 18.0 Å². The normalized spacial score (nSPS) is 17.1. The van der Waals surface area contributed by atoms with Crippen LogP contribution < -0.4 is 15.0 Å². The molecular formula is C22H25N3O5S. The summed E-state index contributed by atoms with van der Waals surface area (Å²) in [5, 5.41) is 2.80. The number of anilines is 2. The zero-order valence-corrected chi connectivity index (χ0v) is 18.2. The van der Waals surface area contributed by atoms with Crippen LogP contribution >= 0.6 is 0 Å². The first-order valence-corrected chi connectivity index (χ1v) is 11.7. The minimum Gasteiger partial charge on any atom is -0.423 e. The summed E-state index contributed by atoms with van der Waals surface area (Å²) in [6.45, 7) is 2.74. The highest BCUT2D eigenvalue weighted by molar-refractivity contribution is 7.89. The molecule has 0 spiro atoms. The Morgan fingerprint density at radius 1 is 1.10 bits per heavy atom. The van der Waals surface area contributed by atoms with Gasteiger partial charge in [0.1, 0.15) is 6.54 Å². The molecule has 0 bridgehead atoms. The van der Waals surface area contributed by atoms with Gasteiger partial charge in [-0.25, -0.2) is 13.2 Å². The summed E-state index contributed by atoms with van der Waals surface area (Å²) in [4.78, 5) is 26.4. The Morgan fingerprint density at radius 2 is 1.84 bits per heavy atom. The Kier molecular flexibility index (Phi) is 5.97. The largest absolute Gasteiger partial charge is 0.423 e. The summed E-state index contributed by atoms with van der Waals surface area (Å²) in [5.74, 6) is -0.366. The van der Waals surface area contributed by atoms with Gasteiger partial charge >= 0.3 is 5.97 Å². The molecule has 0 unspecified atom stereocenters. The van der Waals surface area contributed by atoms with Gasteiger partial charge in [-0.3, -0.25) is 4.79 Å². The van der Waals surface area contributed by atoms with Gasteiger partial charge in [-0.05, 0) is 49.6 Å². The smallest absolute Gasteiger partial charge is 0.331 e. The van der Waals surface area contributed by atoms with Crippen LogP contribution in [0.4, 0.5) is 11.4 Å². The van der Waals surface area contributed by atoms with Crippen LogP contribution in [0.2, 0.25) is 0 Å². The van der Waals surface area contributed by atoms with Gasteiger partial charge in [0.05, 0.1) is 17.1 Å². The van der Waals surface area contributed by atoms with Gasteiger partial charge in [-0.1, -0.05) is 24.6 Å². The molecule has 1 N–H and O–H groups in total. The van der Waals surface area contributed by atoms with Crippen molar-refractivity contribution in [3.63, 3.8) is 0 Å². The molecule has 2 aliphatic heterocycles. The Bertz CT molecular complexity index is 1110. The van der Waals surface area contributed by atoms with E-state index in [0.717, 1.165) is 24.8 Å². The number of nitrogens with zero attached hydrogens (tertiary/aromatic N) is 2. The van der Waals surface area contributed by atoms with Crippen molar-refractivity contribution in [2.24, 2.45) is 0 Å². The number of hydrogen-bond donors (Lipinski definition) is 1.